The molecule has 2 heterocycles. The first-order valence-electron chi connectivity index (χ1n) is 9.42. The van der Waals surface area contributed by atoms with E-state index >= 15 is 0 Å². The van der Waals surface area contributed by atoms with E-state index in [9.17, 15) is 9.59 Å². The molecule has 0 radical (unpaired) electrons. The average Bonchev–Trinajstić information content (AvgIpc) is 3.08. The van der Waals surface area contributed by atoms with E-state index in [4.69, 9.17) is 4.74 Å². The molecule has 0 bridgehead atoms. The van der Waals surface area contributed by atoms with Crippen molar-refractivity contribution in [1.82, 2.24) is 15.2 Å². The summed E-state index contributed by atoms with van der Waals surface area (Å²) in [6, 6.07) is 5.38. The summed E-state index contributed by atoms with van der Waals surface area (Å²) < 4.78 is 5.34. The summed E-state index contributed by atoms with van der Waals surface area (Å²) in [6.07, 6.45) is 7.95. The molecule has 2 aromatic rings. The fourth-order valence-electron chi connectivity index (χ4n) is 4.06. The Balaban J connectivity index is 1.67. The van der Waals surface area contributed by atoms with Crippen molar-refractivity contribution >= 4 is 22.7 Å². The lowest BCUT2D eigenvalue weighted by Gasteiger charge is -2.38. The number of amides is 2. The molecular formula is C20H25N3O3. The number of hydrogen-bond donors (Lipinski definition) is 2. The van der Waals surface area contributed by atoms with Crippen LogP contribution in [0.4, 0.5) is 0 Å². The molecule has 2 N–H and O–H groups in total. The van der Waals surface area contributed by atoms with E-state index in [1.807, 2.05) is 24.4 Å². The molecule has 1 saturated carbocycles. The molecule has 0 spiro atoms. The minimum Gasteiger partial charge on any atom is -0.497 e. The van der Waals surface area contributed by atoms with Crippen LogP contribution in [0.3, 0.4) is 0 Å². The van der Waals surface area contributed by atoms with Gasteiger partial charge in [0.25, 0.3) is 0 Å². The van der Waals surface area contributed by atoms with Gasteiger partial charge in [0, 0.05) is 41.7 Å². The number of benzene rings is 1. The Hall–Kier alpha value is -2.50. The molecule has 1 aromatic carbocycles. The molecule has 0 unspecified atom stereocenters. The summed E-state index contributed by atoms with van der Waals surface area (Å²) in [5.74, 6) is 0.694. The van der Waals surface area contributed by atoms with Gasteiger partial charge in [-0.3, -0.25) is 9.59 Å². The first-order chi connectivity index (χ1) is 12.7. The van der Waals surface area contributed by atoms with Crippen LogP contribution in [-0.2, 0) is 9.59 Å². The maximum absolute atomic E-state index is 13.1. The number of ether oxygens (including phenoxy) is 1. The molecule has 138 valence electrons. The van der Waals surface area contributed by atoms with Gasteiger partial charge in [0.1, 0.15) is 11.8 Å². The van der Waals surface area contributed by atoms with Crippen LogP contribution in [0, 0.1) is 0 Å². The number of hydrogen-bond acceptors (Lipinski definition) is 3. The fourth-order valence-corrected chi connectivity index (χ4v) is 4.06. The number of likely N-dealkylation sites (tertiary alicyclic amines) is 1. The van der Waals surface area contributed by atoms with Gasteiger partial charge < -0.3 is 19.9 Å². The van der Waals surface area contributed by atoms with Crippen molar-refractivity contribution in [3.05, 3.63) is 30.0 Å². The van der Waals surface area contributed by atoms with Gasteiger partial charge in [-0.1, -0.05) is 19.3 Å². The number of methoxy groups -OCH3 is 1. The van der Waals surface area contributed by atoms with Gasteiger partial charge in [-0.2, -0.15) is 0 Å². The highest BCUT2D eigenvalue weighted by Crippen LogP contribution is 2.34. The molecular weight excluding hydrogens is 330 g/mol. The zero-order chi connectivity index (χ0) is 18.1. The molecule has 6 heteroatoms. The van der Waals surface area contributed by atoms with E-state index in [-0.39, 0.29) is 17.9 Å². The zero-order valence-corrected chi connectivity index (χ0v) is 15.1. The van der Waals surface area contributed by atoms with Crippen LogP contribution in [0.5, 0.6) is 5.75 Å². The van der Waals surface area contributed by atoms with E-state index in [1.165, 1.54) is 6.42 Å². The molecule has 4 rings (SSSR count). The number of rotatable bonds is 5. The van der Waals surface area contributed by atoms with Gasteiger partial charge in [-0.25, -0.2) is 0 Å². The van der Waals surface area contributed by atoms with Crippen molar-refractivity contribution in [2.75, 3.05) is 13.7 Å². The molecule has 1 aromatic heterocycles. The molecule has 1 saturated heterocycles. The lowest BCUT2D eigenvalue weighted by molar-refractivity contribution is -0.149. The Labute approximate surface area is 152 Å². The van der Waals surface area contributed by atoms with Crippen molar-refractivity contribution in [3.8, 4) is 5.75 Å². The number of nitrogens with one attached hydrogen (secondary N) is 2. The van der Waals surface area contributed by atoms with Crippen LogP contribution in [0.25, 0.3) is 10.9 Å². The van der Waals surface area contributed by atoms with E-state index < -0.39 is 6.04 Å². The van der Waals surface area contributed by atoms with Crippen molar-refractivity contribution in [1.29, 1.82) is 0 Å². The normalized spacial score (nSPS) is 19.3. The number of nitrogens with zero attached hydrogens (tertiary/aromatic N) is 1. The predicted molar refractivity (Wildman–Crippen MR) is 98.9 cm³/mol. The number of H-pyrrole nitrogens is 1. The topological polar surface area (TPSA) is 74.4 Å². The van der Waals surface area contributed by atoms with Crippen molar-refractivity contribution < 1.29 is 14.3 Å². The Bertz CT molecular complexity index is 823. The highest BCUT2D eigenvalue weighted by atomic mass is 16.5. The highest BCUT2D eigenvalue weighted by Gasteiger charge is 2.38. The summed E-state index contributed by atoms with van der Waals surface area (Å²) >= 11 is 0. The zero-order valence-electron chi connectivity index (χ0n) is 15.1. The van der Waals surface area contributed by atoms with E-state index in [0.717, 1.165) is 47.9 Å². The van der Waals surface area contributed by atoms with Gasteiger partial charge in [-0.15, -0.1) is 0 Å². The number of β-lactam (4-membered cyclic amide) rings is 1. The Kier molecular flexibility index (Phi) is 4.57. The monoisotopic (exact) mass is 355 g/mol. The van der Waals surface area contributed by atoms with Crippen molar-refractivity contribution in [3.63, 3.8) is 0 Å². The standard InChI is InChI=1S/C20H25N3O3/c1-26-14-7-8-17-15(11-14)16(12-21-17)19(23-10-9-18(23)24)20(25)22-13-5-3-2-4-6-13/h7-8,11-13,19,21H,2-6,9-10H2,1H3,(H,22,25)/t19-/m1/s1. The lowest BCUT2D eigenvalue weighted by Crippen LogP contribution is -2.52. The third-order valence-corrected chi connectivity index (χ3v) is 5.61. The van der Waals surface area contributed by atoms with E-state index in [2.05, 4.69) is 10.3 Å². The molecule has 26 heavy (non-hydrogen) atoms. The lowest BCUT2D eigenvalue weighted by atomic mass is 9.94. The number of carbonyl (C=O) groups excluding carboxylic acids is 2. The Morgan fingerprint density at radius 3 is 2.77 bits per heavy atom. The maximum Gasteiger partial charge on any atom is 0.247 e. The minimum atomic E-state index is -0.584. The maximum atomic E-state index is 13.1. The predicted octanol–water partition coefficient (Wildman–Crippen LogP) is 2.90. The number of carbonyl (C=O) groups is 2. The summed E-state index contributed by atoms with van der Waals surface area (Å²) in [5, 5.41) is 4.12. The number of aromatic nitrogens is 1. The number of aromatic amines is 1. The Morgan fingerprint density at radius 1 is 1.31 bits per heavy atom. The van der Waals surface area contributed by atoms with Crippen molar-refractivity contribution in [2.24, 2.45) is 0 Å². The molecule has 2 aliphatic rings. The molecule has 1 aliphatic carbocycles. The summed E-state index contributed by atoms with van der Waals surface area (Å²) in [6.45, 7) is 0.623. The van der Waals surface area contributed by atoms with Gasteiger partial charge in [0.2, 0.25) is 11.8 Å². The van der Waals surface area contributed by atoms with Crippen LogP contribution in [0.2, 0.25) is 0 Å². The molecule has 6 nitrogen and oxygen atoms in total. The van der Waals surface area contributed by atoms with Crippen molar-refractivity contribution in [2.45, 2.75) is 50.6 Å². The van der Waals surface area contributed by atoms with Crippen LogP contribution in [0.1, 0.15) is 50.1 Å². The quantitative estimate of drug-likeness (QED) is 0.810. The van der Waals surface area contributed by atoms with Gasteiger partial charge in [0.05, 0.1) is 7.11 Å². The molecule has 1 atom stereocenters. The molecule has 2 amide bonds. The van der Waals surface area contributed by atoms with Crippen LogP contribution < -0.4 is 10.1 Å². The third kappa shape index (κ3) is 3.04. The highest BCUT2D eigenvalue weighted by molar-refractivity contribution is 5.96. The van der Waals surface area contributed by atoms with Crippen LogP contribution in [-0.4, -0.2) is 41.4 Å². The second-order valence-electron chi connectivity index (χ2n) is 7.24. The summed E-state index contributed by atoms with van der Waals surface area (Å²) in [7, 11) is 1.62. The molecule has 1 aliphatic heterocycles. The Morgan fingerprint density at radius 2 is 2.12 bits per heavy atom. The second-order valence-corrected chi connectivity index (χ2v) is 7.24. The number of fused-ring (bicyclic) bond motifs is 1. The average molecular weight is 355 g/mol. The van der Waals surface area contributed by atoms with Gasteiger partial charge in [0.15, 0.2) is 0 Å². The van der Waals surface area contributed by atoms with Crippen LogP contribution in [0.15, 0.2) is 24.4 Å². The van der Waals surface area contributed by atoms with Gasteiger partial charge >= 0.3 is 0 Å². The largest absolute Gasteiger partial charge is 0.497 e. The second kappa shape index (κ2) is 7.02. The first-order valence-corrected chi connectivity index (χ1v) is 9.42. The SMILES string of the molecule is COc1ccc2[nH]cc([C@H](C(=O)NC3CCCCC3)N3CCC3=O)c2c1. The van der Waals surface area contributed by atoms with Crippen LogP contribution >= 0.6 is 0 Å². The van der Waals surface area contributed by atoms with Gasteiger partial charge in [-0.05, 0) is 31.0 Å². The fraction of sp³-hybridized carbons (Fsp3) is 0.500. The first kappa shape index (κ1) is 16.9. The third-order valence-electron chi connectivity index (χ3n) is 5.61. The summed E-state index contributed by atoms with van der Waals surface area (Å²) in [5.41, 5.74) is 1.77. The minimum absolute atomic E-state index is 0.0334. The smallest absolute Gasteiger partial charge is 0.247 e. The summed E-state index contributed by atoms with van der Waals surface area (Å²) in [4.78, 5) is 30.2. The van der Waals surface area contributed by atoms with E-state index in [0.29, 0.717) is 13.0 Å². The van der Waals surface area contributed by atoms with E-state index in [1.54, 1.807) is 12.0 Å². The molecule has 2 fully saturated rings.